The van der Waals surface area contributed by atoms with Gasteiger partial charge in [0.25, 0.3) is 0 Å². The molecule has 0 amide bonds. The van der Waals surface area contributed by atoms with Crippen molar-refractivity contribution in [2.75, 3.05) is 29.9 Å². The highest BCUT2D eigenvalue weighted by Gasteiger charge is 2.23. The van der Waals surface area contributed by atoms with Crippen LogP contribution in [0.5, 0.6) is 0 Å². The Kier molecular flexibility index (Phi) is 6.96. The number of benzene rings is 2. The minimum Gasteiger partial charge on any atom is -0.365 e. The van der Waals surface area contributed by atoms with Gasteiger partial charge in [-0.3, -0.25) is 0 Å². The minimum atomic E-state index is -0.837. The Hall–Kier alpha value is -3.28. The zero-order valence-electron chi connectivity index (χ0n) is 18.7. The molecule has 2 heterocycles. The number of nitriles is 1. The van der Waals surface area contributed by atoms with Gasteiger partial charge in [-0.2, -0.15) is 5.26 Å². The van der Waals surface area contributed by atoms with Gasteiger partial charge < -0.3 is 15.5 Å². The van der Waals surface area contributed by atoms with Gasteiger partial charge in [-0.1, -0.05) is 23.7 Å². The lowest BCUT2D eigenvalue weighted by Crippen LogP contribution is -2.51. The maximum absolute atomic E-state index is 15.1. The SMILES string of the molecule is Cc1c(N(CCc2cccc(Cl)c2F)c2cc(F)c(C#N)cc2F)cnc(NC2CNC2)c1C. The molecule has 0 aliphatic carbocycles. The fourth-order valence-corrected chi connectivity index (χ4v) is 4.06. The molecule has 1 saturated heterocycles. The third kappa shape index (κ3) is 4.67. The zero-order chi connectivity index (χ0) is 24.4. The molecule has 1 fully saturated rings. The normalized spacial score (nSPS) is 13.3. The van der Waals surface area contributed by atoms with Crippen molar-refractivity contribution in [2.24, 2.45) is 0 Å². The van der Waals surface area contributed by atoms with E-state index in [-0.39, 0.29) is 35.3 Å². The first-order valence-corrected chi connectivity index (χ1v) is 11.2. The molecule has 0 unspecified atom stereocenters. The second-order valence-corrected chi connectivity index (χ2v) is 8.66. The molecule has 1 aromatic heterocycles. The van der Waals surface area contributed by atoms with Gasteiger partial charge in [-0.05, 0) is 49.1 Å². The van der Waals surface area contributed by atoms with Crippen molar-refractivity contribution in [1.29, 1.82) is 5.26 Å². The van der Waals surface area contributed by atoms with E-state index in [1.807, 2.05) is 13.8 Å². The van der Waals surface area contributed by atoms with Crippen LogP contribution in [-0.4, -0.2) is 30.7 Å². The predicted molar refractivity (Wildman–Crippen MR) is 127 cm³/mol. The molecule has 2 N–H and O–H groups in total. The number of pyridine rings is 1. The Morgan fingerprint density at radius 3 is 2.59 bits per heavy atom. The molecule has 1 aliphatic heterocycles. The molecule has 0 bridgehead atoms. The van der Waals surface area contributed by atoms with Gasteiger partial charge in [0.1, 0.15) is 29.3 Å². The monoisotopic (exact) mass is 485 g/mol. The number of hydrogen-bond acceptors (Lipinski definition) is 5. The molecular weight excluding hydrogens is 463 g/mol. The van der Waals surface area contributed by atoms with Crippen LogP contribution in [0.3, 0.4) is 0 Å². The number of halogens is 4. The Morgan fingerprint density at radius 1 is 1.15 bits per heavy atom. The van der Waals surface area contributed by atoms with Crippen LogP contribution in [0.15, 0.2) is 36.5 Å². The van der Waals surface area contributed by atoms with Gasteiger partial charge in [0, 0.05) is 25.7 Å². The fraction of sp³-hybridized carbons (Fsp3) is 0.280. The van der Waals surface area contributed by atoms with E-state index >= 15 is 4.39 Å². The smallest absolute Gasteiger partial charge is 0.148 e. The predicted octanol–water partition coefficient (Wildman–Crippen LogP) is 5.41. The lowest BCUT2D eigenvalue weighted by atomic mass is 10.1. The van der Waals surface area contributed by atoms with Crippen molar-refractivity contribution in [1.82, 2.24) is 10.3 Å². The number of aromatic nitrogens is 1. The Balaban J connectivity index is 1.75. The summed E-state index contributed by atoms with van der Waals surface area (Å²) in [6.45, 7) is 5.59. The van der Waals surface area contributed by atoms with Gasteiger partial charge in [0.2, 0.25) is 0 Å². The van der Waals surface area contributed by atoms with Crippen LogP contribution >= 0.6 is 11.6 Å². The maximum Gasteiger partial charge on any atom is 0.148 e. The fourth-order valence-electron chi connectivity index (χ4n) is 3.86. The summed E-state index contributed by atoms with van der Waals surface area (Å²) in [5.41, 5.74) is 2.15. The van der Waals surface area contributed by atoms with Crippen molar-refractivity contribution >= 4 is 28.8 Å². The lowest BCUT2D eigenvalue weighted by Gasteiger charge is -2.31. The van der Waals surface area contributed by atoms with Crippen LogP contribution in [0.25, 0.3) is 0 Å². The maximum atomic E-state index is 15.1. The van der Waals surface area contributed by atoms with Crippen molar-refractivity contribution in [3.8, 4) is 6.07 Å². The number of nitrogens with one attached hydrogen (secondary N) is 2. The van der Waals surface area contributed by atoms with Gasteiger partial charge >= 0.3 is 0 Å². The average Bonchev–Trinajstić information content (AvgIpc) is 2.79. The summed E-state index contributed by atoms with van der Waals surface area (Å²) in [4.78, 5) is 6.09. The highest BCUT2D eigenvalue weighted by molar-refractivity contribution is 6.30. The summed E-state index contributed by atoms with van der Waals surface area (Å²) in [7, 11) is 0. The van der Waals surface area contributed by atoms with Gasteiger partial charge in [-0.15, -0.1) is 0 Å². The molecule has 0 spiro atoms. The van der Waals surface area contributed by atoms with Gasteiger partial charge in [-0.25, -0.2) is 18.2 Å². The van der Waals surface area contributed by atoms with Crippen LogP contribution in [0, 0.1) is 42.6 Å². The molecule has 0 radical (unpaired) electrons. The summed E-state index contributed by atoms with van der Waals surface area (Å²) in [6.07, 6.45) is 1.78. The molecule has 0 saturated carbocycles. The quantitative estimate of drug-likeness (QED) is 0.469. The number of anilines is 3. The molecule has 9 heteroatoms. The van der Waals surface area contributed by atoms with E-state index in [9.17, 15) is 8.78 Å². The number of hydrogen-bond donors (Lipinski definition) is 2. The van der Waals surface area contributed by atoms with E-state index < -0.39 is 17.5 Å². The summed E-state index contributed by atoms with van der Waals surface area (Å²) >= 11 is 5.91. The number of nitrogens with zero attached hydrogens (tertiary/aromatic N) is 3. The van der Waals surface area contributed by atoms with E-state index in [4.69, 9.17) is 16.9 Å². The van der Waals surface area contributed by atoms with Crippen LogP contribution in [0.1, 0.15) is 22.3 Å². The summed E-state index contributed by atoms with van der Waals surface area (Å²) in [5.74, 6) is -1.42. The third-order valence-corrected chi connectivity index (χ3v) is 6.41. The highest BCUT2D eigenvalue weighted by atomic mass is 35.5. The second-order valence-electron chi connectivity index (χ2n) is 8.25. The van der Waals surface area contributed by atoms with Crippen molar-refractivity contribution < 1.29 is 13.2 Å². The number of rotatable bonds is 7. The van der Waals surface area contributed by atoms with Crippen molar-refractivity contribution in [2.45, 2.75) is 26.3 Å². The molecule has 3 aromatic rings. The van der Waals surface area contributed by atoms with Crippen LogP contribution in [-0.2, 0) is 6.42 Å². The molecule has 4 rings (SSSR count). The average molecular weight is 486 g/mol. The molecular formula is C25H23ClF3N5. The first-order chi connectivity index (χ1) is 16.3. The molecule has 34 heavy (non-hydrogen) atoms. The summed E-state index contributed by atoms with van der Waals surface area (Å²) in [6, 6.07) is 8.48. The highest BCUT2D eigenvalue weighted by Crippen LogP contribution is 2.35. The molecule has 2 aromatic carbocycles. The largest absolute Gasteiger partial charge is 0.365 e. The minimum absolute atomic E-state index is 0.00532. The topological polar surface area (TPSA) is 64.0 Å². The summed E-state index contributed by atoms with van der Waals surface area (Å²) < 4.78 is 44.1. The molecule has 5 nitrogen and oxygen atoms in total. The van der Waals surface area contributed by atoms with E-state index in [0.717, 1.165) is 42.2 Å². The standard InChI is InChI=1S/C25H23ClF3N5/c1-14-15(2)25(33-18-11-31-12-18)32-13-23(14)34(7-6-16-4-3-5-19(26)24(16)29)22-9-20(27)17(10-30)8-21(22)28/h3-5,8-9,13,18,31H,6-7,11-12H2,1-2H3,(H,32,33). The first-order valence-electron chi connectivity index (χ1n) is 10.8. The van der Waals surface area contributed by atoms with Crippen molar-refractivity contribution in [3.63, 3.8) is 0 Å². The molecule has 0 atom stereocenters. The van der Waals surface area contributed by atoms with E-state index in [2.05, 4.69) is 15.6 Å². The zero-order valence-corrected chi connectivity index (χ0v) is 19.5. The first kappa shape index (κ1) is 23.9. The van der Waals surface area contributed by atoms with E-state index in [1.165, 1.54) is 6.07 Å². The van der Waals surface area contributed by atoms with E-state index in [0.29, 0.717) is 11.3 Å². The van der Waals surface area contributed by atoms with Gasteiger partial charge in [0.15, 0.2) is 0 Å². The van der Waals surface area contributed by atoms with Crippen LogP contribution in [0.4, 0.5) is 30.4 Å². The second kappa shape index (κ2) is 9.92. The Bertz CT molecular complexity index is 1270. The van der Waals surface area contributed by atoms with Crippen LogP contribution < -0.4 is 15.5 Å². The van der Waals surface area contributed by atoms with E-state index in [1.54, 1.807) is 29.3 Å². The lowest BCUT2D eigenvalue weighted by molar-refractivity contribution is 0.471. The molecule has 176 valence electrons. The third-order valence-electron chi connectivity index (χ3n) is 6.12. The molecule has 1 aliphatic rings. The Morgan fingerprint density at radius 2 is 1.91 bits per heavy atom. The Labute approximate surface area is 201 Å². The van der Waals surface area contributed by atoms with Gasteiger partial charge in [0.05, 0.1) is 34.2 Å². The summed E-state index contributed by atoms with van der Waals surface area (Å²) in [5, 5.41) is 15.6. The van der Waals surface area contributed by atoms with Crippen molar-refractivity contribution in [3.05, 3.63) is 81.3 Å². The van der Waals surface area contributed by atoms with Crippen LogP contribution in [0.2, 0.25) is 5.02 Å².